The number of likely N-dealkylation sites (tertiary alicyclic amines) is 1. The Hall–Kier alpha value is -2.19. The van der Waals surface area contributed by atoms with Gasteiger partial charge in [-0.2, -0.15) is 0 Å². The second kappa shape index (κ2) is 7.82. The van der Waals surface area contributed by atoms with Crippen LogP contribution >= 0.6 is 0 Å². The molecule has 8 heteroatoms. The van der Waals surface area contributed by atoms with E-state index in [9.17, 15) is 4.79 Å². The highest BCUT2D eigenvalue weighted by atomic mass is 16.3. The predicted molar refractivity (Wildman–Crippen MR) is 100 cm³/mol. The molecule has 4 heterocycles. The summed E-state index contributed by atoms with van der Waals surface area (Å²) in [6.07, 6.45) is 4.17. The maximum absolute atomic E-state index is 11.5. The van der Waals surface area contributed by atoms with Gasteiger partial charge in [0.25, 0.3) is 0 Å². The SMILES string of the molecule is Cc1cc(CN2CCC(n3cc(CN4CCNC(=O)C4)nn3)CC2)oc1C. The third kappa shape index (κ3) is 4.39. The number of hydrogen-bond acceptors (Lipinski definition) is 6. The Balaban J connectivity index is 1.28. The second-order valence-electron chi connectivity index (χ2n) is 7.71. The van der Waals surface area contributed by atoms with Crippen LogP contribution in [0.15, 0.2) is 16.7 Å². The third-order valence-corrected chi connectivity index (χ3v) is 5.59. The van der Waals surface area contributed by atoms with Crippen LogP contribution < -0.4 is 5.32 Å². The van der Waals surface area contributed by atoms with Gasteiger partial charge >= 0.3 is 0 Å². The molecule has 0 radical (unpaired) electrons. The van der Waals surface area contributed by atoms with E-state index in [1.54, 1.807) is 0 Å². The number of nitrogens with one attached hydrogen (secondary N) is 1. The van der Waals surface area contributed by atoms with E-state index in [4.69, 9.17) is 4.42 Å². The first-order valence-electron chi connectivity index (χ1n) is 9.75. The summed E-state index contributed by atoms with van der Waals surface area (Å²) in [5.74, 6) is 2.15. The molecule has 2 saturated heterocycles. The van der Waals surface area contributed by atoms with Gasteiger partial charge in [-0.25, -0.2) is 4.68 Å². The molecule has 2 aliphatic heterocycles. The lowest BCUT2D eigenvalue weighted by molar-refractivity contribution is -0.124. The van der Waals surface area contributed by atoms with E-state index in [2.05, 4.69) is 38.4 Å². The lowest BCUT2D eigenvalue weighted by Crippen LogP contribution is -2.47. The first kappa shape index (κ1) is 18.2. The number of piperazine rings is 1. The minimum absolute atomic E-state index is 0.0861. The van der Waals surface area contributed by atoms with Crippen LogP contribution in [0.5, 0.6) is 0 Å². The van der Waals surface area contributed by atoms with Gasteiger partial charge < -0.3 is 9.73 Å². The summed E-state index contributed by atoms with van der Waals surface area (Å²) in [4.78, 5) is 16.0. The number of nitrogens with zero attached hydrogens (tertiary/aromatic N) is 5. The molecular formula is C19H28N6O2. The van der Waals surface area contributed by atoms with E-state index in [1.165, 1.54) is 5.56 Å². The lowest BCUT2D eigenvalue weighted by atomic mass is 10.1. The summed E-state index contributed by atoms with van der Waals surface area (Å²) < 4.78 is 7.82. The number of piperidine rings is 1. The summed E-state index contributed by atoms with van der Waals surface area (Å²) in [5.41, 5.74) is 2.16. The van der Waals surface area contributed by atoms with E-state index in [0.717, 1.165) is 56.2 Å². The van der Waals surface area contributed by atoms with E-state index < -0.39 is 0 Å². The van der Waals surface area contributed by atoms with Crippen molar-refractivity contribution < 1.29 is 9.21 Å². The summed E-state index contributed by atoms with van der Waals surface area (Å²) >= 11 is 0. The molecule has 0 aliphatic carbocycles. The number of amides is 1. The number of furan rings is 1. The van der Waals surface area contributed by atoms with Gasteiger partial charge in [0.15, 0.2) is 0 Å². The summed E-state index contributed by atoms with van der Waals surface area (Å²) in [6, 6.07) is 2.54. The molecule has 2 aliphatic rings. The molecule has 2 aromatic rings. The van der Waals surface area contributed by atoms with Gasteiger partial charge in [-0.15, -0.1) is 5.10 Å². The van der Waals surface area contributed by atoms with Crippen LogP contribution in [0.4, 0.5) is 0 Å². The molecule has 0 bridgehead atoms. The summed E-state index contributed by atoms with van der Waals surface area (Å²) in [5, 5.41) is 11.5. The zero-order chi connectivity index (χ0) is 18.8. The van der Waals surface area contributed by atoms with Crippen LogP contribution in [0.3, 0.4) is 0 Å². The zero-order valence-electron chi connectivity index (χ0n) is 16.1. The van der Waals surface area contributed by atoms with Gasteiger partial charge in [0.2, 0.25) is 5.91 Å². The normalized spacial score (nSPS) is 20.1. The van der Waals surface area contributed by atoms with Crippen molar-refractivity contribution in [3.63, 3.8) is 0 Å². The number of aryl methyl sites for hydroxylation is 2. The molecule has 0 aromatic carbocycles. The van der Waals surface area contributed by atoms with Crippen molar-refractivity contribution in [3.8, 4) is 0 Å². The zero-order valence-corrected chi connectivity index (χ0v) is 16.1. The quantitative estimate of drug-likeness (QED) is 0.851. The van der Waals surface area contributed by atoms with Crippen molar-refractivity contribution in [3.05, 3.63) is 35.0 Å². The Bertz CT molecular complexity index is 770. The first-order chi connectivity index (χ1) is 13.1. The van der Waals surface area contributed by atoms with E-state index in [1.807, 2.05) is 17.8 Å². The molecule has 0 unspecified atom stereocenters. The molecule has 0 spiro atoms. The standard InChI is InChI=1S/C19H28N6O2/c1-14-9-18(27-15(14)2)12-23-6-3-17(4-7-23)25-11-16(21-22-25)10-24-8-5-20-19(26)13-24/h9,11,17H,3-8,10,12-13H2,1-2H3,(H,20,26). The number of rotatable bonds is 5. The molecule has 27 heavy (non-hydrogen) atoms. The summed E-state index contributed by atoms with van der Waals surface area (Å²) in [6.45, 7) is 9.75. The van der Waals surface area contributed by atoms with Crippen LogP contribution in [0.1, 0.15) is 41.7 Å². The fourth-order valence-corrected chi connectivity index (χ4v) is 3.91. The smallest absolute Gasteiger partial charge is 0.234 e. The number of hydrogen-bond donors (Lipinski definition) is 1. The van der Waals surface area contributed by atoms with Crippen LogP contribution in [0.2, 0.25) is 0 Å². The fraction of sp³-hybridized carbons (Fsp3) is 0.632. The van der Waals surface area contributed by atoms with Gasteiger partial charge in [0.1, 0.15) is 11.5 Å². The predicted octanol–water partition coefficient (Wildman–Crippen LogP) is 1.26. The van der Waals surface area contributed by atoms with Crippen LogP contribution in [-0.4, -0.2) is 63.4 Å². The average molecular weight is 372 g/mol. The van der Waals surface area contributed by atoms with E-state index in [-0.39, 0.29) is 5.91 Å². The Morgan fingerprint density at radius 3 is 2.70 bits per heavy atom. The van der Waals surface area contributed by atoms with Crippen molar-refractivity contribution in [1.82, 2.24) is 30.1 Å². The van der Waals surface area contributed by atoms with Crippen molar-refractivity contribution in [2.45, 2.75) is 45.8 Å². The molecule has 8 nitrogen and oxygen atoms in total. The molecule has 0 saturated carbocycles. The molecule has 2 aromatic heterocycles. The fourth-order valence-electron chi connectivity index (χ4n) is 3.91. The maximum Gasteiger partial charge on any atom is 0.234 e. The first-order valence-corrected chi connectivity index (χ1v) is 9.75. The highest BCUT2D eigenvalue weighted by molar-refractivity contribution is 5.78. The Labute approximate surface area is 159 Å². The molecule has 146 valence electrons. The Morgan fingerprint density at radius 1 is 1.19 bits per heavy atom. The average Bonchev–Trinajstić information content (AvgIpc) is 3.22. The van der Waals surface area contributed by atoms with Gasteiger partial charge in [-0.05, 0) is 38.3 Å². The molecule has 4 rings (SSSR count). The van der Waals surface area contributed by atoms with Crippen LogP contribution in [0, 0.1) is 13.8 Å². The topological polar surface area (TPSA) is 79.4 Å². The van der Waals surface area contributed by atoms with Crippen molar-refractivity contribution in [2.75, 3.05) is 32.7 Å². The molecule has 2 fully saturated rings. The minimum atomic E-state index is 0.0861. The number of aromatic nitrogens is 3. The third-order valence-electron chi connectivity index (χ3n) is 5.59. The van der Waals surface area contributed by atoms with Gasteiger partial charge in [-0.1, -0.05) is 5.21 Å². The molecule has 1 N–H and O–H groups in total. The highest BCUT2D eigenvalue weighted by Gasteiger charge is 2.23. The Kier molecular flexibility index (Phi) is 5.27. The van der Waals surface area contributed by atoms with Crippen molar-refractivity contribution in [2.24, 2.45) is 0 Å². The molecule has 1 amide bonds. The number of carbonyl (C=O) groups excluding carboxylic acids is 1. The summed E-state index contributed by atoms with van der Waals surface area (Å²) in [7, 11) is 0. The maximum atomic E-state index is 11.5. The van der Waals surface area contributed by atoms with Crippen LogP contribution in [-0.2, 0) is 17.9 Å². The molecule has 0 atom stereocenters. The van der Waals surface area contributed by atoms with E-state index in [0.29, 0.717) is 25.7 Å². The number of carbonyl (C=O) groups is 1. The second-order valence-corrected chi connectivity index (χ2v) is 7.71. The highest BCUT2D eigenvalue weighted by Crippen LogP contribution is 2.24. The van der Waals surface area contributed by atoms with Crippen molar-refractivity contribution >= 4 is 5.91 Å². The van der Waals surface area contributed by atoms with Gasteiger partial charge in [0.05, 0.1) is 31.0 Å². The lowest BCUT2D eigenvalue weighted by Gasteiger charge is -2.31. The van der Waals surface area contributed by atoms with Gasteiger partial charge in [0, 0.05) is 32.7 Å². The minimum Gasteiger partial charge on any atom is -0.465 e. The monoisotopic (exact) mass is 372 g/mol. The van der Waals surface area contributed by atoms with Crippen molar-refractivity contribution in [1.29, 1.82) is 0 Å². The van der Waals surface area contributed by atoms with E-state index >= 15 is 0 Å². The Morgan fingerprint density at radius 2 is 2.00 bits per heavy atom. The molecular weight excluding hydrogens is 344 g/mol. The largest absolute Gasteiger partial charge is 0.465 e. The van der Waals surface area contributed by atoms with Crippen LogP contribution in [0.25, 0.3) is 0 Å². The van der Waals surface area contributed by atoms with Gasteiger partial charge in [-0.3, -0.25) is 14.6 Å².